The van der Waals surface area contributed by atoms with Crippen LogP contribution in [0.25, 0.3) is 10.8 Å². The number of carbonyl (C=O) groups excluding carboxylic acids is 1. The first-order chi connectivity index (χ1) is 16.2. The molecule has 4 nitrogen and oxygen atoms in total. The molecule has 4 atom stereocenters. The fourth-order valence-electron chi connectivity index (χ4n) is 5.50. The zero-order chi connectivity index (χ0) is 24.5. The van der Waals surface area contributed by atoms with Crippen LogP contribution in [0.15, 0.2) is 60.7 Å². The first kappa shape index (κ1) is 23.9. The Hall–Kier alpha value is -3.23. The summed E-state index contributed by atoms with van der Waals surface area (Å²) in [6.45, 7) is 7.02. The van der Waals surface area contributed by atoms with Crippen LogP contribution in [0.3, 0.4) is 0 Å². The topological polar surface area (TPSA) is 56.1 Å². The van der Waals surface area contributed by atoms with Crippen LogP contribution in [0.5, 0.6) is 0 Å². The van der Waals surface area contributed by atoms with Crippen molar-refractivity contribution in [1.29, 1.82) is 5.26 Å². The number of fused-ring (bicyclic) bond motifs is 1. The lowest BCUT2D eigenvalue weighted by Crippen LogP contribution is -2.52. The van der Waals surface area contributed by atoms with Gasteiger partial charge in [-0.1, -0.05) is 43.3 Å². The van der Waals surface area contributed by atoms with Crippen LogP contribution in [0.1, 0.15) is 56.3 Å². The number of nitriles is 1. The molecule has 0 saturated carbocycles. The molecule has 1 heterocycles. The second-order valence-electron chi connectivity index (χ2n) is 9.80. The minimum absolute atomic E-state index is 0.0278. The fourth-order valence-corrected chi connectivity index (χ4v) is 5.50. The Morgan fingerprint density at radius 2 is 1.88 bits per heavy atom. The standard InChI is InChI=1S/C29H32FN3O/c1-19-17-29(13-14-33(19)4,24-9-11-25(30)12-10-24)20(2)28(34)32-21(3)27-16-22(18-31)15-23-7-5-6-8-26(23)27/h5-12,15-16,19-21H,13-14,17H2,1-4H3,(H,32,34). The number of rotatable bonds is 5. The van der Waals surface area contributed by atoms with Gasteiger partial charge in [0.2, 0.25) is 5.91 Å². The minimum Gasteiger partial charge on any atom is -0.349 e. The van der Waals surface area contributed by atoms with Gasteiger partial charge in [0.1, 0.15) is 5.82 Å². The second-order valence-corrected chi connectivity index (χ2v) is 9.80. The van der Waals surface area contributed by atoms with Gasteiger partial charge < -0.3 is 10.2 Å². The molecule has 5 heteroatoms. The molecule has 1 saturated heterocycles. The van der Waals surface area contributed by atoms with E-state index in [9.17, 15) is 14.4 Å². The first-order valence-electron chi connectivity index (χ1n) is 11.9. The maximum atomic E-state index is 13.7. The highest BCUT2D eigenvalue weighted by atomic mass is 19.1. The van der Waals surface area contributed by atoms with Crippen molar-refractivity contribution >= 4 is 16.7 Å². The predicted octanol–water partition coefficient (Wildman–Crippen LogP) is 5.72. The van der Waals surface area contributed by atoms with Gasteiger partial charge in [-0.2, -0.15) is 5.26 Å². The lowest BCUT2D eigenvalue weighted by molar-refractivity contribution is -0.128. The molecule has 1 aliphatic rings. The molecule has 3 aromatic rings. The average Bonchev–Trinajstić information content (AvgIpc) is 2.85. The molecule has 1 aliphatic heterocycles. The van der Waals surface area contributed by atoms with E-state index >= 15 is 0 Å². The number of hydrogen-bond acceptors (Lipinski definition) is 3. The van der Waals surface area contributed by atoms with Crippen LogP contribution in [0, 0.1) is 23.1 Å². The van der Waals surface area contributed by atoms with Crippen LogP contribution in [0.4, 0.5) is 4.39 Å². The Labute approximate surface area is 201 Å². The SMILES string of the molecule is CC(NC(=O)C(C)C1(c2ccc(F)cc2)CCN(C)C(C)C1)c1cc(C#N)cc2ccccc12. The summed E-state index contributed by atoms with van der Waals surface area (Å²) in [7, 11) is 2.11. The van der Waals surface area contributed by atoms with Crippen LogP contribution in [0.2, 0.25) is 0 Å². The van der Waals surface area contributed by atoms with Gasteiger partial charge in [0.05, 0.1) is 17.7 Å². The summed E-state index contributed by atoms with van der Waals surface area (Å²) in [6.07, 6.45) is 1.65. The zero-order valence-electron chi connectivity index (χ0n) is 20.3. The summed E-state index contributed by atoms with van der Waals surface area (Å²) >= 11 is 0. The van der Waals surface area contributed by atoms with Crippen LogP contribution in [-0.4, -0.2) is 30.4 Å². The normalized spacial score (nSPS) is 22.6. The van der Waals surface area contributed by atoms with E-state index in [0.29, 0.717) is 11.6 Å². The quantitative estimate of drug-likeness (QED) is 0.533. The van der Waals surface area contributed by atoms with E-state index in [1.807, 2.05) is 62.4 Å². The summed E-state index contributed by atoms with van der Waals surface area (Å²) in [4.78, 5) is 16.0. The maximum Gasteiger partial charge on any atom is 0.224 e. The highest BCUT2D eigenvalue weighted by Gasteiger charge is 2.45. The number of nitrogens with zero attached hydrogens (tertiary/aromatic N) is 2. The van der Waals surface area contributed by atoms with E-state index in [0.717, 1.165) is 41.3 Å². The van der Waals surface area contributed by atoms with Crippen molar-refractivity contribution in [3.05, 3.63) is 83.2 Å². The average molecular weight is 458 g/mol. The second kappa shape index (κ2) is 9.56. The first-order valence-corrected chi connectivity index (χ1v) is 11.9. The summed E-state index contributed by atoms with van der Waals surface area (Å²) < 4.78 is 13.7. The molecular formula is C29H32FN3O. The summed E-state index contributed by atoms with van der Waals surface area (Å²) in [5.74, 6) is -0.600. The van der Waals surface area contributed by atoms with Crippen molar-refractivity contribution < 1.29 is 9.18 Å². The highest BCUT2D eigenvalue weighted by molar-refractivity contribution is 5.88. The molecule has 0 bridgehead atoms. The highest BCUT2D eigenvalue weighted by Crippen LogP contribution is 2.44. The van der Waals surface area contributed by atoms with Crippen molar-refractivity contribution in [3.8, 4) is 6.07 Å². The predicted molar refractivity (Wildman–Crippen MR) is 134 cm³/mol. The molecule has 1 amide bonds. The van der Waals surface area contributed by atoms with Crippen molar-refractivity contribution in [1.82, 2.24) is 10.2 Å². The van der Waals surface area contributed by atoms with Crippen molar-refractivity contribution in [2.24, 2.45) is 5.92 Å². The molecule has 3 aromatic carbocycles. The molecule has 0 radical (unpaired) electrons. The van der Waals surface area contributed by atoms with E-state index in [4.69, 9.17) is 0 Å². The minimum atomic E-state index is -0.375. The number of benzene rings is 3. The molecule has 0 aromatic heterocycles. The number of amides is 1. The third kappa shape index (κ3) is 4.43. The van der Waals surface area contributed by atoms with Gasteiger partial charge in [0.15, 0.2) is 0 Å². The Bertz CT molecular complexity index is 1230. The Morgan fingerprint density at radius 1 is 1.18 bits per heavy atom. The number of piperidine rings is 1. The van der Waals surface area contributed by atoms with E-state index in [1.54, 1.807) is 0 Å². The van der Waals surface area contributed by atoms with Gasteiger partial charge >= 0.3 is 0 Å². The maximum absolute atomic E-state index is 13.7. The van der Waals surface area contributed by atoms with Gasteiger partial charge in [0.25, 0.3) is 0 Å². The molecule has 0 aliphatic carbocycles. The molecule has 0 spiro atoms. The van der Waals surface area contributed by atoms with Crippen LogP contribution < -0.4 is 5.32 Å². The van der Waals surface area contributed by atoms with E-state index < -0.39 is 0 Å². The van der Waals surface area contributed by atoms with Crippen molar-refractivity contribution in [2.75, 3.05) is 13.6 Å². The Kier molecular flexibility index (Phi) is 6.72. The third-order valence-corrected chi connectivity index (χ3v) is 7.81. The van der Waals surface area contributed by atoms with Crippen LogP contribution >= 0.6 is 0 Å². The third-order valence-electron chi connectivity index (χ3n) is 7.81. The monoisotopic (exact) mass is 457 g/mol. The number of likely N-dealkylation sites (tertiary alicyclic amines) is 1. The summed E-state index contributed by atoms with van der Waals surface area (Å²) in [5.41, 5.74) is 2.15. The molecule has 34 heavy (non-hydrogen) atoms. The largest absolute Gasteiger partial charge is 0.349 e. The Balaban J connectivity index is 1.66. The molecule has 1 fully saturated rings. The Morgan fingerprint density at radius 3 is 2.56 bits per heavy atom. The number of carbonyl (C=O) groups is 1. The van der Waals surface area contributed by atoms with Crippen molar-refractivity contribution in [2.45, 2.75) is 51.1 Å². The van der Waals surface area contributed by atoms with Gasteiger partial charge in [-0.25, -0.2) is 4.39 Å². The molecule has 4 unspecified atom stereocenters. The molecule has 1 N–H and O–H groups in total. The van der Waals surface area contributed by atoms with Gasteiger partial charge in [-0.05, 0) is 86.4 Å². The lowest BCUT2D eigenvalue weighted by atomic mass is 9.63. The molecule has 4 rings (SSSR count). The van der Waals surface area contributed by atoms with Gasteiger partial charge in [0, 0.05) is 17.4 Å². The van der Waals surface area contributed by atoms with Gasteiger partial charge in [-0.15, -0.1) is 0 Å². The van der Waals surface area contributed by atoms with Crippen LogP contribution in [-0.2, 0) is 10.2 Å². The number of halogens is 1. The van der Waals surface area contributed by atoms with E-state index in [-0.39, 0.29) is 29.1 Å². The van der Waals surface area contributed by atoms with Crippen molar-refractivity contribution in [3.63, 3.8) is 0 Å². The number of hydrogen-bond donors (Lipinski definition) is 1. The van der Waals surface area contributed by atoms with E-state index in [1.165, 1.54) is 12.1 Å². The smallest absolute Gasteiger partial charge is 0.224 e. The van der Waals surface area contributed by atoms with Gasteiger partial charge in [-0.3, -0.25) is 4.79 Å². The fraction of sp³-hybridized carbons (Fsp3) is 0.379. The summed E-state index contributed by atoms with van der Waals surface area (Å²) in [5, 5.41) is 14.7. The van der Waals surface area contributed by atoms with E-state index in [2.05, 4.69) is 30.3 Å². The molecule has 176 valence electrons. The number of nitrogens with one attached hydrogen (secondary N) is 1. The summed E-state index contributed by atoms with van der Waals surface area (Å²) in [6, 6.07) is 20.6. The zero-order valence-corrected chi connectivity index (χ0v) is 20.3. The lowest BCUT2D eigenvalue weighted by Gasteiger charge is -2.48. The molecular weight excluding hydrogens is 425 g/mol.